The normalized spacial score (nSPS) is 10.0. The van der Waals surface area contributed by atoms with E-state index in [9.17, 15) is 4.79 Å². The quantitative estimate of drug-likeness (QED) is 0.651. The zero-order chi connectivity index (χ0) is 9.84. The van der Waals surface area contributed by atoms with E-state index in [4.69, 9.17) is 5.73 Å². The predicted octanol–water partition coefficient (Wildman–Crippen LogP) is 2.08. The first-order valence-corrected chi connectivity index (χ1v) is 5.19. The molecule has 1 aromatic carbocycles. The molecule has 0 aliphatic heterocycles. The largest absolute Gasteiger partial charge is 0.398 e. The number of halogens is 1. The van der Waals surface area contributed by atoms with Crippen molar-refractivity contribution in [2.45, 2.75) is 13.3 Å². The fourth-order valence-corrected chi connectivity index (χ4v) is 1.41. The molecule has 0 bridgehead atoms. The summed E-state index contributed by atoms with van der Waals surface area (Å²) in [5, 5.41) is 0.390. The van der Waals surface area contributed by atoms with Crippen LogP contribution in [0.4, 0.5) is 5.69 Å². The second kappa shape index (κ2) is 4.42. The van der Waals surface area contributed by atoms with Crippen molar-refractivity contribution >= 4 is 27.4 Å². The number of hydrogen-bond donors (Lipinski definition) is 1. The van der Waals surface area contributed by atoms with Crippen LogP contribution in [0.25, 0.3) is 0 Å². The summed E-state index contributed by atoms with van der Waals surface area (Å²) in [6, 6.07) is 5.68. The molecule has 0 spiro atoms. The fourth-order valence-electron chi connectivity index (χ4n) is 1.21. The van der Waals surface area contributed by atoms with E-state index in [0.717, 1.165) is 11.1 Å². The highest BCUT2D eigenvalue weighted by Gasteiger charge is 2.07. The maximum Gasteiger partial charge on any atom is 0.147 e. The van der Waals surface area contributed by atoms with E-state index in [2.05, 4.69) is 15.9 Å². The molecule has 0 heterocycles. The van der Waals surface area contributed by atoms with Crippen LogP contribution in [-0.2, 0) is 11.2 Å². The average Bonchev–Trinajstić information content (AvgIpc) is 2.11. The number of hydrogen-bond acceptors (Lipinski definition) is 2. The molecule has 1 aromatic rings. The van der Waals surface area contributed by atoms with E-state index < -0.39 is 0 Å². The van der Waals surface area contributed by atoms with Crippen LogP contribution >= 0.6 is 15.9 Å². The van der Waals surface area contributed by atoms with Crippen molar-refractivity contribution in [3.05, 3.63) is 29.3 Å². The fraction of sp³-hybridized carbons (Fsp3) is 0.300. The molecule has 0 aliphatic rings. The number of rotatable bonds is 3. The predicted molar refractivity (Wildman–Crippen MR) is 58.1 cm³/mol. The maximum absolute atomic E-state index is 11.2. The van der Waals surface area contributed by atoms with Gasteiger partial charge in [-0.1, -0.05) is 28.1 Å². The Morgan fingerprint density at radius 3 is 2.77 bits per heavy atom. The molecule has 2 N–H and O–H groups in total. The molecule has 0 fully saturated rings. The van der Waals surface area contributed by atoms with E-state index in [1.807, 2.05) is 25.1 Å². The number of benzene rings is 1. The van der Waals surface area contributed by atoms with Gasteiger partial charge in [-0.25, -0.2) is 0 Å². The number of carbonyl (C=O) groups excluding carboxylic acids is 1. The van der Waals surface area contributed by atoms with Crippen LogP contribution in [0.3, 0.4) is 0 Å². The summed E-state index contributed by atoms with van der Waals surface area (Å²) in [5.74, 6) is 0.154. The molecule has 0 unspecified atom stereocenters. The van der Waals surface area contributed by atoms with Crippen molar-refractivity contribution in [2.75, 3.05) is 11.1 Å². The van der Waals surface area contributed by atoms with E-state index in [0.29, 0.717) is 17.4 Å². The molecule has 0 saturated heterocycles. The second-order valence-corrected chi connectivity index (χ2v) is 3.55. The molecule has 0 aliphatic carbocycles. The minimum Gasteiger partial charge on any atom is -0.398 e. The Morgan fingerprint density at radius 2 is 2.23 bits per heavy atom. The van der Waals surface area contributed by atoms with Gasteiger partial charge in [0.1, 0.15) is 5.78 Å². The molecule has 0 atom stereocenters. The Hall–Kier alpha value is -0.830. The third kappa shape index (κ3) is 2.56. The molecule has 0 amide bonds. The van der Waals surface area contributed by atoms with E-state index in [-0.39, 0.29) is 5.78 Å². The smallest absolute Gasteiger partial charge is 0.147 e. The molecule has 2 nitrogen and oxygen atoms in total. The van der Waals surface area contributed by atoms with Crippen molar-refractivity contribution in [3.63, 3.8) is 0 Å². The highest BCUT2D eigenvalue weighted by molar-refractivity contribution is 9.09. The number of Topliss-reactive ketones (excluding diaryl/α,β-unsaturated/α-hetero) is 1. The Morgan fingerprint density at radius 1 is 1.54 bits per heavy atom. The Kier molecular flexibility index (Phi) is 3.48. The van der Waals surface area contributed by atoms with E-state index in [1.54, 1.807) is 0 Å². The van der Waals surface area contributed by atoms with Gasteiger partial charge in [0.2, 0.25) is 0 Å². The van der Waals surface area contributed by atoms with E-state index in [1.165, 1.54) is 0 Å². The van der Waals surface area contributed by atoms with Crippen molar-refractivity contribution in [2.24, 2.45) is 0 Å². The van der Waals surface area contributed by atoms with Gasteiger partial charge in [-0.15, -0.1) is 0 Å². The molecular formula is C10H12BrNO. The minimum atomic E-state index is 0.154. The number of aryl methyl sites for hydroxylation is 1. The number of ketones is 1. The monoisotopic (exact) mass is 241 g/mol. The third-order valence-electron chi connectivity index (χ3n) is 1.97. The summed E-state index contributed by atoms with van der Waals surface area (Å²) in [7, 11) is 0. The topological polar surface area (TPSA) is 43.1 Å². The maximum atomic E-state index is 11.2. The van der Waals surface area contributed by atoms with Gasteiger partial charge in [0.05, 0.1) is 5.33 Å². The highest BCUT2D eigenvalue weighted by Crippen LogP contribution is 2.17. The first-order valence-electron chi connectivity index (χ1n) is 4.06. The van der Waals surface area contributed by atoms with Gasteiger partial charge in [-0.3, -0.25) is 4.79 Å². The lowest BCUT2D eigenvalue weighted by Gasteiger charge is -2.06. The lowest BCUT2D eigenvalue weighted by Crippen LogP contribution is -2.07. The second-order valence-electron chi connectivity index (χ2n) is 2.99. The SMILES string of the molecule is Cc1cccc(N)c1CC(=O)CBr. The van der Waals surface area contributed by atoms with Crippen LogP contribution in [0.2, 0.25) is 0 Å². The lowest BCUT2D eigenvalue weighted by atomic mass is 10.0. The number of nitrogen functional groups attached to an aromatic ring is 1. The van der Waals surface area contributed by atoms with Crippen molar-refractivity contribution in [3.8, 4) is 0 Å². The van der Waals surface area contributed by atoms with Crippen molar-refractivity contribution in [1.82, 2.24) is 0 Å². The molecule has 3 heteroatoms. The summed E-state index contributed by atoms with van der Waals surface area (Å²) in [4.78, 5) is 11.2. The molecule has 0 saturated carbocycles. The summed E-state index contributed by atoms with van der Waals surface area (Å²) < 4.78 is 0. The minimum absolute atomic E-state index is 0.154. The number of anilines is 1. The first kappa shape index (κ1) is 10.3. The molecule has 13 heavy (non-hydrogen) atoms. The number of nitrogens with two attached hydrogens (primary N) is 1. The van der Waals surface area contributed by atoms with Gasteiger partial charge in [-0.2, -0.15) is 0 Å². The molecular weight excluding hydrogens is 230 g/mol. The van der Waals surface area contributed by atoms with Crippen LogP contribution in [0.1, 0.15) is 11.1 Å². The summed E-state index contributed by atoms with van der Waals surface area (Å²) in [6.45, 7) is 1.97. The summed E-state index contributed by atoms with van der Waals surface area (Å²) >= 11 is 3.13. The zero-order valence-corrected chi connectivity index (χ0v) is 9.10. The first-order chi connectivity index (χ1) is 6.15. The van der Waals surface area contributed by atoms with Gasteiger partial charge in [0, 0.05) is 12.1 Å². The summed E-state index contributed by atoms with van der Waals surface area (Å²) in [6.07, 6.45) is 0.420. The zero-order valence-electron chi connectivity index (χ0n) is 7.51. The third-order valence-corrected chi connectivity index (χ3v) is 2.59. The number of carbonyl (C=O) groups is 1. The lowest BCUT2D eigenvalue weighted by molar-refractivity contribution is -0.115. The number of alkyl halides is 1. The molecule has 0 radical (unpaired) electrons. The average molecular weight is 242 g/mol. The van der Waals surface area contributed by atoms with E-state index >= 15 is 0 Å². The Bertz CT molecular complexity index is 302. The van der Waals surface area contributed by atoms with Gasteiger partial charge in [-0.05, 0) is 24.1 Å². The van der Waals surface area contributed by atoms with Gasteiger partial charge >= 0.3 is 0 Å². The van der Waals surface area contributed by atoms with Crippen LogP contribution in [0.15, 0.2) is 18.2 Å². The standard InChI is InChI=1S/C10H12BrNO/c1-7-3-2-4-10(12)9(7)5-8(13)6-11/h2-4H,5-6,12H2,1H3. The van der Waals surface area contributed by atoms with Crippen LogP contribution in [-0.4, -0.2) is 11.1 Å². The van der Waals surface area contributed by atoms with Crippen LogP contribution in [0, 0.1) is 6.92 Å². The highest BCUT2D eigenvalue weighted by atomic mass is 79.9. The Labute approximate surface area is 86.3 Å². The van der Waals surface area contributed by atoms with Gasteiger partial charge in [0.25, 0.3) is 0 Å². The molecule has 0 aromatic heterocycles. The summed E-state index contributed by atoms with van der Waals surface area (Å²) in [5.41, 5.74) is 8.49. The van der Waals surface area contributed by atoms with Gasteiger partial charge in [0.15, 0.2) is 0 Å². The molecule has 70 valence electrons. The van der Waals surface area contributed by atoms with Gasteiger partial charge < -0.3 is 5.73 Å². The van der Waals surface area contributed by atoms with Crippen molar-refractivity contribution < 1.29 is 4.79 Å². The molecule has 1 rings (SSSR count). The van der Waals surface area contributed by atoms with Crippen molar-refractivity contribution in [1.29, 1.82) is 0 Å². The van der Waals surface area contributed by atoms with Crippen LogP contribution in [0.5, 0.6) is 0 Å². The van der Waals surface area contributed by atoms with Crippen LogP contribution < -0.4 is 5.73 Å². The Balaban J connectivity index is 2.93.